The van der Waals surface area contributed by atoms with Gasteiger partial charge in [0, 0.05) is 32.9 Å². The summed E-state index contributed by atoms with van der Waals surface area (Å²) < 4.78 is 4.86. The first kappa shape index (κ1) is 28.4. The minimum absolute atomic E-state index is 0.0683. The van der Waals surface area contributed by atoms with Gasteiger partial charge >= 0.3 is 0 Å². The second-order valence-corrected chi connectivity index (χ2v) is 14.8. The number of hydrogen-bond acceptors (Lipinski definition) is 0. The zero-order valence-electron chi connectivity index (χ0n) is 27.6. The first-order valence-electron chi connectivity index (χ1n) is 16.4. The minimum atomic E-state index is 0.0683. The predicted octanol–water partition coefficient (Wildman–Crippen LogP) is 12.1. The van der Waals surface area contributed by atoms with E-state index in [1.807, 2.05) is 0 Å². The SMILES string of the molecule is CC(C)(C)c1ccc2c(c1)c1ccccc1n2-c1cccc(-c2cccc(-n3c4ccccc4c4ccc(C(C)(C)C)cc43)c2)c1. The summed E-state index contributed by atoms with van der Waals surface area (Å²) in [5, 5.41) is 5.16. The summed E-state index contributed by atoms with van der Waals surface area (Å²) in [6.07, 6.45) is 0. The molecule has 0 radical (unpaired) electrons. The second kappa shape index (κ2) is 10.2. The monoisotopic (exact) mass is 596 g/mol. The van der Waals surface area contributed by atoms with Crippen molar-refractivity contribution in [2.24, 2.45) is 0 Å². The number of para-hydroxylation sites is 2. The molecule has 0 aliphatic heterocycles. The van der Waals surface area contributed by atoms with Crippen LogP contribution < -0.4 is 0 Å². The first-order valence-corrected chi connectivity index (χ1v) is 16.4. The normalized spacial score (nSPS) is 12.6. The zero-order chi connectivity index (χ0) is 31.8. The van der Waals surface area contributed by atoms with Crippen molar-refractivity contribution < 1.29 is 0 Å². The Bertz CT molecular complexity index is 2440. The number of fused-ring (bicyclic) bond motifs is 6. The van der Waals surface area contributed by atoms with Crippen LogP contribution in [0.1, 0.15) is 52.7 Å². The maximum Gasteiger partial charge on any atom is 0.0544 e. The third-order valence-corrected chi connectivity index (χ3v) is 9.62. The third-order valence-electron chi connectivity index (χ3n) is 9.62. The fourth-order valence-electron chi connectivity index (χ4n) is 7.08. The van der Waals surface area contributed by atoms with Crippen LogP contribution in [0.15, 0.2) is 133 Å². The van der Waals surface area contributed by atoms with Crippen LogP contribution in [0.4, 0.5) is 0 Å². The number of rotatable bonds is 3. The maximum atomic E-state index is 2.44. The first-order chi connectivity index (χ1) is 22.1. The van der Waals surface area contributed by atoms with E-state index in [1.165, 1.54) is 77.2 Å². The van der Waals surface area contributed by atoms with E-state index < -0.39 is 0 Å². The number of nitrogens with zero attached hydrogens (tertiary/aromatic N) is 2. The zero-order valence-corrected chi connectivity index (χ0v) is 27.6. The summed E-state index contributed by atoms with van der Waals surface area (Å²) >= 11 is 0. The number of benzene rings is 6. The van der Waals surface area contributed by atoms with Crippen molar-refractivity contribution in [1.82, 2.24) is 9.13 Å². The van der Waals surface area contributed by atoms with E-state index in [4.69, 9.17) is 0 Å². The summed E-state index contributed by atoms with van der Waals surface area (Å²) in [5.41, 5.74) is 12.5. The van der Waals surface area contributed by atoms with Gasteiger partial charge in [-0.1, -0.05) is 120 Å². The van der Waals surface area contributed by atoms with Crippen molar-refractivity contribution in [3.05, 3.63) is 145 Å². The minimum Gasteiger partial charge on any atom is -0.309 e. The Labute approximate surface area is 271 Å². The Morgan fingerprint density at radius 1 is 0.348 bits per heavy atom. The van der Waals surface area contributed by atoms with Gasteiger partial charge in [-0.05, 0) is 87.7 Å². The van der Waals surface area contributed by atoms with Crippen molar-refractivity contribution in [3.8, 4) is 22.5 Å². The van der Waals surface area contributed by atoms with Gasteiger partial charge in [0.2, 0.25) is 0 Å². The van der Waals surface area contributed by atoms with Crippen LogP contribution in [0, 0.1) is 0 Å². The Kier molecular flexibility index (Phi) is 6.31. The molecule has 0 unspecified atom stereocenters. The number of hydrogen-bond donors (Lipinski definition) is 0. The molecule has 46 heavy (non-hydrogen) atoms. The van der Waals surface area contributed by atoms with E-state index in [1.54, 1.807) is 0 Å². The molecule has 2 aromatic heterocycles. The van der Waals surface area contributed by atoms with Crippen molar-refractivity contribution in [3.63, 3.8) is 0 Å². The molecule has 0 saturated carbocycles. The maximum absolute atomic E-state index is 2.44. The summed E-state index contributed by atoms with van der Waals surface area (Å²) in [4.78, 5) is 0. The predicted molar refractivity (Wildman–Crippen MR) is 198 cm³/mol. The van der Waals surface area contributed by atoms with E-state index in [-0.39, 0.29) is 10.8 Å². The van der Waals surface area contributed by atoms with Crippen molar-refractivity contribution >= 4 is 43.6 Å². The molecule has 0 aliphatic rings. The summed E-state index contributed by atoms with van der Waals surface area (Å²) in [6, 6.07) is 49.5. The molecule has 2 heteroatoms. The van der Waals surface area contributed by atoms with E-state index in [2.05, 4.69) is 184 Å². The average molecular weight is 597 g/mol. The second-order valence-electron chi connectivity index (χ2n) is 14.8. The molecule has 2 nitrogen and oxygen atoms in total. The summed E-state index contributed by atoms with van der Waals surface area (Å²) in [6.45, 7) is 13.7. The van der Waals surface area contributed by atoms with Crippen LogP contribution in [0.25, 0.3) is 66.1 Å². The lowest BCUT2D eigenvalue weighted by molar-refractivity contribution is 0.590. The van der Waals surface area contributed by atoms with Gasteiger partial charge < -0.3 is 9.13 Å². The summed E-state index contributed by atoms with van der Waals surface area (Å²) in [5.74, 6) is 0. The lowest BCUT2D eigenvalue weighted by Gasteiger charge is -2.19. The van der Waals surface area contributed by atoms with E-state index in [0.29, 0.717) is 0 Å². The van der Waals surface area contributed by atoms with Gasteiger partial charge in [-0.3, -0.25) is 0 Å². The molecule has 0 fully saturated rings. The Balaban J connectivity index is 1.30. The quantitative estimate of drug-likeness (QED) is 0.192. The Morgan fingerprint density at radius 2 is 0.804 bits per heavy atom. The van der Waals surface area contributed by atoms with E-state index >= 15 is 0 Å². The van der Waals surface area contributed by atoms with Gasteiger partial charge in [-0.25, -0.2) is 0 Å². The molecular formula is C44H40N2. The van der Waals surface area contributed by atoms with Crippen LogP contribution in [0.5, 0.6) is 0 Å². The smallest absolute Gasteiger partial charge is 0.0544 e. The standard InChI is InChI=1S/C44H40N2/c1-43(2,3)31-22-24-41-38(27-31)36-18-8-10-20-40(36)45(41)33-15-11-13-29(25-33)30-14-12-16-34(26-30)46-39-19-9-7-17-35(39)37-23-21-32(28-42(37)46)44(4,5)6/h7-28H,1-6H3. The van der Waals surface area contributed by atoms with Gasteiger partial charge in [0.1, 0.15) is 0 Å². The highest BCUT2D eigenvalue weighted by atomic mass is 15.0. The Morgan fingerprint density at radius 3 is 1.39 bits per heavy atom. The molecule has 0 aliphatic carbocycles. The summed E-state index contributed by atoms with van der Waals surface area (Å²) in [7, 11) is 0. The van der Waals surface area contributed by atoms with Gasteiger partial charge in [-0.15, -0.1) is 0 Å². The fourth-order valence-corrected chi connectivity index (χ4v) is 7.08. The van der Waals surface area contributed by atoms with Gasteiger partial charge in [0.25, 0.3) is 0 Å². The lowest BCUT2D eigenvalue weighted by atomic mass is 9.86. The highest BCUT2D eigenvalue weighted by Gasteiger charge is 2.20. The van der Waals surface area contributed by atoms with Gasteiger partial charge in [0.05, 0.1) is 22.1 Å². The molecule has 6 aromatic carbocycles. The molecule has 0 N–H and O–H groups in total. The molecule has 226 valence electrons. The highest BCUT2D eigenvalue weighted by molar-refractivity contribution is 6.10. The van der Waals surface area contributed by atoms with Gasteiger partial charge in [-0.2, -0.15) is 0 Å². The van der Waals surface area contributed by atoms with Crippen molar-refractivity contribution in [2.45, 2.75) is 52.4 Å². The molecule has 8 rings (SSSR count). The third kappa shape index (κ3) is 4.55. The lowest BCUT2D eigenvalue weighted by Crippen LogP contribution is -2.10. The fraction of sp³-hybridized carbons (Fsp3) is 0.182. The van der Waals surface area contributed by atoms with Crippen molar-refractivity contribution in [1.29, 1.82) is 0 Å². The molecule has 0 saturated heterocycles. The van der Waals surface area contributed by atoms with E-state index in [0.717, 1.165) is 0 Å². The van der Waals surface area contributed by atoms with Crippen LogP contribution in [0.2, 0.25) is 0 Å². The highest BCUT2D eigenvalue weighted by Crippen LogP contribution is 2.38. The molecule has 8 aromatic rings. The molecule has 0 bridgehead atoms. The van der Waals surface area contributed by atoms with E-state index in [9.17, 15) is 0 Å². The largest absolute Gasteiger partial charge is 0.309 e. The average Bonchev–Trinajstić information content (AvgIpc) is 3.56. The molecule has 0 atom stereocenters. The molecular weight excluding hydrogens is 556 g/mol. The number of aromatic nitrogens is 2. The van der Waals surface area contributed by atoms with Gasteiger partial charge in [0.15, 0.2) is 0 Å². The Hall–Kier alpha value is -5.08. The van der Waals surface area contributed by atoms with Crippen LogP contribution in [0.3, 0.4) is 0 Å². The molecule has 0 amide bonds. The van der Waals surface area contributed by atoms with Crippen LogP contribution in [-0.2, 0) is 10.8 Å². The molecule has 2 heterocycles. The van der Waals surface area contributed by atoms with Crippen LogP contribution >= 0.6 is 0 Å². The van der Waals surface area contributed by atoms with Crippen molar-refractivity contribution in [2.75, 3.05) is 0 Å². The molecule has 0 spiro atoms. The topological polar surface area (TPSA) is 9.86 Å². The van der Waals surface area contributed by atoms with Crippen LogP contribution in [-0.4, -0.2) is 9.13 Å².